The summed E-state index contributed by atoms with van der Waals surface area (Å²) in [5.74, 6) is -0.290. The monoisotopic (exact) mass is 310 g/mol. The lowest BCUT2D eigenvalue weighted by atomic mass is 9.90. The van der Waals surface area contributed by atoms with E-state index in [1.54, 1.807) is 31.2 Å². The van der Waals surface area contributed by atoms with Crippen molar-refractivity contribution in [3.63, 3.8) is 0 Å². The summed E-state index contributed by atoms with van der Waals surface area (Å²) in [7, 11) is 4.71. The zero-order valence-corrected chi connectivity index (χ0v) is 13.3. The van der Waals surface area contributed by atoms with Crippen molar-refractivity contribution in [1.82, 2.24) is 10.2 Å². The first kappa shape index (κ1) is 16.7. The van der Waals surface area contributed by atoms with Crippen LogP contribution < -0.4 is 10.1 Å². The predicted octanol–water partition coefficient (Wildman–Crippen LogP) is 1.56. The number of benzene rings is 1. The summed E-state index contributed by atoms with van der Waals surface area (Å²) < 4.78 is 24.2. The van der Waals surface area contributed by atoms with Crippen molar-refractivity contribution in [1.29, 1.82) is 0 Å². The third-order valence-electron chi connectivity index (χ3n) is 4.17. The summed E-state index contributed by atoms with van der Waals surface area (Å²) in [6.45, 7) is 1.84. The van der Waals surface area contributed by atoms with Gasteiger partial charge < -0.3 is 19.7 Å². The Bertz CT molecular complexity index is 530. The molecular formula is C16H23FN2O3. The molecule has 6 heteroatoms. The van der Waals surface area contributed by atoms with Crippen LogP contribution in [-0.2, 0) is 16.1 Å². The molecule has 1 amide bonds. The van der Waals surface area contributed by atoms with Crippen LogP contribution in [0.5, 0.6) is 5.75 Å². The first-order chi connectivity index (χ1) is 10.5. The van der Waals surface area contributed by atoms with Gasteiger partial charge in [0.25, 0.3) is 5.91 Å². The van der Waals surface area contributed by atoms with Gasteiger partial charge in [0.05, 0.1) is 7.11 Å². The molecule has 1 aromatic carbocycles. The number of likely N-dealkylation sites (N-methyl/N-ethyl adjacent to an activating group) is 1. The molecule has 1 fully saturated rings. The second-order valence-corrected chi connectivity index (χ2v) is 5.58. The Kier molecular flexibility index (Phi) is 5.37. The Balaban J connectivity index is 2.09. The summed E-state index contributed by atoms with van der Waals surface area (Å²) in [4.78, 5) is 14.3. The summed E-state index contributed by atoms with van der Waals surface area (Å²) in [6, 6.07) is 4.72. The van der Waals surface area contributed by atoms with Gasteiger partial charge in [0.15, 0.2) is 11.6 Å². The number of hydrogen-bond acceptors (Lipinski definition) is 4. The van der Waals surface area contributed by atoms with E-state index in [1.807, 2.05) is 0 Å². The van der Waals surface area contributed by atoms with Gasteiger partial charge in [-0.05, 0) is 43.6 Å². The maximum absolute atomic E-state index is 13.7. The summed E-state index contributed by atoms with van der Waals surface area (Å²) in [5, 5.41) is 3.22. The summed E-state index contributed by atoms with van der Waals surface area (Å²) in [6.07, 6.45) is 1.29. The van der Waals surface area contributed by atoms with Crippen molar-refractivity contribution in [2.45, 2.75) is 25.0 Å². The number of amides is 1. The highest BCUT2D eigenvalue weighted by Crippen LogP contribution is 2.26. The molecule has 22 heavy (non-hydrogen) atoms. The molecule has 0 bridgehead atoms. The van der Waals surface area contributed by atoms with Gasteiger partial charge in [0.1, 0.15) is 5.60 Å². The number of methoxy groups -OCH3 is 2. The van der Waals surface area contributed by atoms with Gasteiger partial charge >= 0.3 is 0 Å². The van der Waals surface area contributed by atoms with E-state index in [-0.39, 0.29) is 11.7 Å². The fourth-order valence-electron chi connectivity index (χ4n) is 2.84. The number of nitrogens with one attached hydrogen (secondary N) is 1. The lowest BCUT2D eigenvalue weighted by Gasteiger charge is -2.37. The molecule has 1 N–H and O–H groups in total. The highest BCUT2D eigenvalue weighted by molar-refractivity contribution is 5.85. The number of hydrogen-bond donors (Lipinski definition) is 1. The number of carbonyl (C=O) groups is 1. The molecule has 1 saturated heterocycles. The van der Waals surface area contributed by atoms with E-state index in [0.717, 1.165) is 13.1 Å². The van der Waals surface area contributed by atoms with E-state index in [1.165, 1.54) is 13.2 Å². The topological polar surface area (TPSA) is 50.8 Å². The molecule has 0 saturated carbocycles. The average Bonchev–Trinajstić information content (AvgIpc) is 2.55. The molecule has 1 heterocycles. The molecule has 5 nitrogen and oxygen atoms in total. The van der Waals surface area contributed by atoms with Gasteiger partial charge in [-0.2, -0.15) is 0 Å². The number of piperidine rings is 1. The number of nitrogens with zero attached hydrogens (tertiary/aromatic N) is 1. The second kappa shape index (κ2) is 7.07. The summed E-state index contributed by atoms with van der Waals surface area (Å²) >= 11 is 0. The molecule has 2 rings (SSSR count). The maximum Gasteiger partial charge on any atom is 0.254 e. The Labute approximate surface area is 130 Å². The number of carbonyl (C=O) groups excluding carboxylic acids is 1. The summed E-state index contributed by atoms with van der Waals surface area (Å²) in [5.41, 5.74) is -0.0558. The minimum Gasteiger partial charge on any atom is -0.494 e. The van der Waals surface area contributed by atoms with Crippen molar-refractivity contribution in [2.75, 3.05) is 34.4 Å². The zero-order chi connectivity index (χ0) is 16.2. The smallest absolute Gasteiger partial charge is 0.254 e. The predicted molar refractivity (Wildman–Crippen MR) is 81.3 cm³/mol. The first-order valence-electron chi connectivity index (χ1n) is 7.36. The molecule has 0 spiro atoms. The van der Waals surface area contributed by atoms with Gasteiger partial charge in [-0.25, -0.2) is 4.39 Å². The van der Waals surface area contributed by atoms with E-state index in [9.17, 15) is 9.18 Å². The normalized spacial score (nSPS) is 17.1. The fourth-order valence-corrected chi connectivity index (χ4v) is 2.84. The molecular weight excluding hydrogens is 287 g/mol. The van der Waals surface area contributed by atoms with E-state index in [2.05, 4.69) is 5.32 Å². The third kappa shape index (κ3) is 3.39. The van der Waals surface area contributed by atoms with Crippen LogP contribution in [0.2, 0.25) is 0 Å². The van der Waals surface area contributed by atoms with E-state index in [4.69, 9.17) is 9.47 Å². The Morgan fingerprint density at radius 1 is 1.36 bits per heavy atom. The largest absolute Gasteiger partial charge is 0.494 e. The number of ether oxygens (including phenoxy) is 2. The van der Waals surface area contributed by atoms with Crippen LogP contribution >= 0.6 is 0 Å². The zero-order valence-electron chi connectivity index (χ0n) is 13.3. The van der Waals surface area contributed by atoms with Crippen LogP contribution in [0.1, 0.15) is 18.4 Å². The Morgan fingerprint density at radius 2 is 2.05 bits per heavy atom. The van der Waals surface area contributed by atoms with Crippen molar-refractivity contribution in [3.8, 4) is 5.75 Å². The highest BCUT2D eigenvalue weighted by atomic mass is 19.1. The molecule has 1 aliphatic heterocycles. The van der Waals surface area contributed by atoms with Gasteiger partial charge in [-0.15, -0.1) is 0 Å². The van der Waals surface area contributed by atoms with Crippen LogP contribution in [0, 0.1) is 5.82 Å². The highest BCUT2D eigenvalue weighted by Gasteiger charge is 2.41. The molecule has 0 aliphatic carbocycles. The lowest BCUT2D eigenvalue weighted by Crippen LogP contribution is -2.54. The van der Waals surface area contributed by atoms with Crippen LogP contribution in [-0.4, -0.2) is 50.8 Å². The van der Waals surface area contributed by atoms with Gasteiger partial charge in [0, 0.05) is 20.7 Å². The van der Waals surface area contributed by atoms with Crippen LogP contribution in [0.15, 0.2) is 18.2 Å². The standard InChI is InChI=1S/C16H23FN2O3/c1-19(11-12-4-5-14(21-2)13(17)10-12)15(20)16(22-3)6-8-18-9-7-16/h4-5,10,18H,6-9,11H2,1-3H3. The molecule has 0 unspecified atom stereocenters. The van der Waals surface area contributed by atoms with Crippen LogP contribution in [0.25, 0.3) is 0 Å². The van der Waals surface area contributed by atoms with Crippen molar-refractivity contribution in [3.05, 3.63) is 29.6 Å². The molecule has 0 radical (unpaired) electrons. The van der Waals surface area contributed by atoms with Gasteiger partial charge in [-0.1, -0.05) is 6.07 Å². The van der Waals surface area contributed by atoms with E-state index in [0.29, 0.717) is 24.9 Å². The lowest BCUT2D eigenvalue weighted by molar-refractivity contribution is -0.157. The molecule has 1 aliphatic rings. The third-order valence-corrected chi connectivity index (χ3v) is 4.17. The Hall–Kier alpha value is -1.66. The second-order valence-electron chi connectivity index (χ2n) is 5.58. The quantitative estimate of drug-likeness (QED) is 0.897. The number of halogens is 1. The fraction of sp³-hybridized carbons (Fsp3) is 0.562. The van der Waals surface area contributed by atoms with Crippen LogP contribution in [0.3, 0.4) is 0 Å². The van der Waals surface area contributed by atoms with Crippen LogP contribution in [0.4, 0.5) is 4.39 Å². The molecule has 1 aromatic rings. The molecule has 0 aromatic heterocycles. The van der Waals surface area contributed by atoms with Crippen molar-refractivity contribution >= 4 is 5.91 Å². The van der Waals surface area contributed by atoms with E-state index >= 15 is 0 Å². The molecule has 0 atom stereocenters. The van der Waals surface area contributed by atoms with Gasteiger partial charge in [0.2, 0.25) is 0 Å². The van der Waals surface area contributed by atoms with Crippen molar-refractivity contribution < 1.29 is 18.7 Å². The minimum absolute atomic E-state index is 0.0623. The first-order valence-corrected chi connectivity index (χ1v) is 7.36. The average molecular weight is 310 g/mol. The van der Waals surface area contributed by atoms with Gasteiger partial charge in [-0.3, -0.25) is 4.79 Å². The SMILES string of the molecule is COc1ccc(CN(C)C(=O)C2(OC)CCNCC2)cc1F. The van der Waals surface area contributed by atoms with Crippen molar-refractivity contribution in [2.24, 2.45) is 0 Å². The maximum atomic E-state index is 13.7. The number of rotatable bonds is 5. The Morgan fingerprint density at radius 3 is 2.59 bits per heavy atom. The minimum atomic E-state index is -0.773. The van der Waals surface area contributed by atoms with E-state index < -0.39 is 11.4 Å². The molecule has 122 valence electrons.